The summed E-state index contributed by atoms with van der Waals surface area (Å²) in [5.74, 6) is -1.08. The number of nitrogens with zero attached hydrogens (tertiary/aromatic N) is 3. The van der Waals surface area contributed by atoms with Crippen molar-refractivity contribution in [1.29, 1.82) is 0 Å². The van der Waals surface area contributed by atoms with Gasteiger partial charge >= 0.3 is 5.97 Å². The van der Waals surface area contributed by atoms with Crippen molar-refractivity contribution >= 4 is 11.7 Å². The number of aryl methyl sites for hydroxylation is 1. The number of nitrogens with one attached hydrogen (secondary N) is 1. The van der Waals surface area contributed by atoms with Gasteiger partial charge in [-0.3, -0.25) is 0 Å². The molecule has 2 rings (SSSR count). The SMILES string of the molecule is CCn1cnnc1CNc1ccc(F)cc1C(=O)O. The van der Waals surface area contributed by atoms with E-state index in [1.165, 1.54) is 12.1 Å². The van der Waals surface area contributed by atoms with Crippen LogP contribution in [0.15, 0.2) is 24.5 Å². The van der Waals surface area contributed by atoms with E-state index < -0.39 is 11.8 Å². The second kappa shape index (κ2) is 5.47. The van der Waals surface area contributed by atoms with Crippen molar-refractivity contribution in [2.45, 2.75) is 20.0 Å². The maximum Gasteiger partial charge on any atom is 0.337 e. The summed E-state index contributed by atoms with van der Waals surface area (Å²) in [6.45, 7) is 2.99. The highest BCUT2D eigenvalue weighted by molar-refractivity contribution is 5.94. The van der Waals surface area contributed by atoms with Crippen molar-refractivity contribution in [2.24, 2.45) is 0 Å². The minimum atomic E-state index is -1.18. The average Bonchev–Trinajstić information content (AvgIpc) is 2.84. The Morgan fingerprint density at radius 1 is 1.53 bits per heavy atom. The van der Waals surface area contributed by atoms with Crippen molar-refractivity contribution in [2.75, 3.05) is 5.32 Å². The molecule has 1 aromatic heterocycles. The highest BCUT2D eigenvalue weighted by Gasteiger charge is 2.12. The fraction of sp³-hybridized carbons (Fsp3) is 0.250. The lowest BCUT2D eigenvalue weighted by atomic mass is 10.1. The third kappa shape index (κ3) is 2.87. The van der Waals surface area contributed by atoms with Crippen LogP contribution in [0.3, 0.4) is 0 Å². The Balaban J connectivity index is 2.18. The molecule has 0 spiro atoms. The Hall–Kier alpha value is -2.44. The van der Waals surface area contributed by atoms with Gasteiger partial charge in [-0.25, -0.2) is 9.18 Å². The molecule has 0 radical (unpaired) electrons. The summed E-state index contributed by atoms with van der Waals surface area (Å²) in [6, 6.07) is 3.58. The summed E-state index contributed by atoms with van der Waals surface area (Å²) in [4.78, 5) is 11.0. The standard InChI is InChI=1S/C12H13FN4O2/c1-2-17-7-15-16-11(17)6-14-10-4-3-8(13)5-9(10)12(18)19/h3-5,7,14H,2,6H2,1H3,(H,18,19). The van der Waals surface area contributed by atoms with Crippen LogP contribution in [0.1, 0.15) is 23.1 Å². The van der Waals surface area contributed by atoms with E-state index in [2.05, 4.69) is 15.5 Å². The lowest BCUT2D eigenvalue weighted by Gasteiger charge is -2.09. The molecule has 0 aliphatic heterocycles. The molecule has 0 amide bonds. The highest BCUT2D eigenvalue weighted by Crippen LogP contribution is 2.17. The van der Waals surface area contributed by atoms with Crippen molar-refractivity contribution in [3.8, 4) is 0 Å². The van der Waals surface area contributed by atoms with Crippen LogP contribution in [0.5, 0.6) is 0 Å². The van der Waals surface area contributed by atoms with Crippen LogP contribution in [0.25, 0.3) is 0 Å². The van der Waals surface area contributed by atoms with Gasteiger partial charge in [-0.1, -0.05) is 0 Å². The number of benzene rings is 1. The zero-order chi connectivity index (χ0) is 13.8. The summed E-state index contributed by atoms with van der Waals surface area (Å²) in [5.41, 5.74) is 0.238. The lowest BCUT2D eigenvalue weighted by Crippen LogP contribution is -2.10. The number of aromatic carboxylic acids is 1. The number of rotatable bonds is 5. The van der Waals surface area contributed by atoms with Gasteiger partial charge in [-0.2, -0.15) is 0 Å². The van der Waals surface area contributed by atoms with E-state index in [1.807, 2.05) is 11.5 Å². The molecule has 0 fully saturated rings. The van der Waals surface area contributed by atoms with E-state index in [0.29, 0.717) is 18.1 Å². The molecule has 0 atom stereocenters. The highest BCUT2D eigenvalue weighted by atomic mass is 19.1. The van der Waals surface area contributed by atoms with Crippen molar-refractivity contribution in [3.63, 3.8) is 0 Å². The molecule has 1 aromatic carbocycles. The molecular formula is C12H13FN4O2. The topological polar surface area (TPSA) is 80.0 Å². The molecule has 0 saturated heterocycles. The number of hydrogen-bond donors (Lipinski definition) is 2. The second-order valence-corrected chi connectivity index (χ2v) is 3.88. The van der Waals surface area contributed by atoms with Crippen LogP contribution in [0.2, 0.25) is 0 Å². The van der Waals surface area contributed by atoms with E-state index in [4.69, 9.17) is 5.11 Å². The van der Waals surface area contributed by atoms with Crippen molar-refractivity contribution < 1.29 is 14.3 Å². The summed E-state index contributed by atoms with van der Waals surface area (Å²) in [6.07, 6.45) is 1.60. The van der Waals surface area contributed by atoms with Gasteiger partial charge in [0, 0.05) is 12.2 Å². The minimum Gasteiger partial charge on any atom is -0.478 e. The van der Waals surface area contributed by atoms with E-state index in [1.54, 1.807) is 6.33 Å². The minimum absolute atomic E-state index is 0.109. The van der Waals surface area contributed by atoms with E-state index >= 15 is 0 Å². The van der Waals surface area contributed by atoms with Crippen molar-refractivity contribution in [1.82, 2.24) is 14.8 Å². The number of carboxylic acids is 1. The molecule has 0 aliphatic rings. The van der Waals surface area contributed by atoms with E-state index in [9.17, 15) is 9.18 Å². The van der Waals surface area contributed by atoms with Crippen LogP contribution < -0.4 is 5.32 Å². The number of carbonyl (C=O) groups is 1. The van der Waals surface area contributed by atoms with Gasteiger partial charge in [0.05, 0.1) is 12.1 Å². The van der Waals surface area contributed by atoms with Crippen LogP contribution in [-0.2, 0) is 13.1 Å². The summed E-state index contributed by atoms with van der Waals surface area (Å²) in [7, 11) is 0. The molecular weight excluding hydrogens is 251 g/mol. The van der Waals surface area contributed by atoms with Crippen LogP contribution in [0.4, 0.5) is 10.1 Å². The molecule has 100 valence electrons. The Morgan fingerprint density at radius 2 is 2.32 bits per heavy atom. The molecule has 2 aromatic rings. The Bertz CT molecular complexity index is 597. The quantitative estimate of drug-likeness (QED) is 0.860. The van der Waals surface area contributed by atoms with Crippen molar-refractivity contribution in [3.05, 3.63) is 41.7 Å². The molecule has 19 heavy (non-hydrogen) atoms. The van der Waals surface area contributed by atoms with Gasteiger partial charge in [0.25, 0.3) is 0 Å². The number of carboxylic acid groups (broad SMARTS) is 1. The molecule has 6 nitrogen and oxygen atoms in total. The Morgan fingerprint density at radius 3 is 3.00 bits per heavy atom. The van der Waals surface area contributed by atoms with E-state index in [-0.39, 0.29) is 5.56 Å². The first-order chi connectivity index (χ1) is 9.11. The van der Waals surface area contributed by atoms with E-state index in [0.717, 1.165) is 12.6 Å². The summed E-state index contributed by atoms with van der Waals surface area (Å²) < 4.78 is 14.9. The van der Waals surface area contributed by atoms with Gasteiger partial charge in [0.1, 0.15) is 12.1 Å². The Kier molecular flexibility index (Phi) is 3.74. The summed E-state index contributed by atoms with van der Waals surface area (Å²) >= 11 is 0. The smallest absolute Gasteiger partial charge is 0.337 e. The molecule has 0 aliphatic carbocycles. The fourth-order valence-electron chi connectivity index (χ4n) is 1.70. The molecule has 0 unspecified atom stereocenters. The summed E-state index contributed by atoms with van der Waals surface area (Å²) in [5, 5.41) is 19.6. The third-order valence-electron chi connectivity index (χ3n) is 2.69. The molecule has 2 N–H and O–H groups in total. The normalized spacial score (nSPS) is 10.4. The zero-order valence-corrected chi connectivity index (χ0v) is 10.3. The van der Waals surface area contributed by atoms with Gasteiger partial charge in [0.15, 0.2) is 5.82 Å². The van der Waals surface area contributed by atoms with Gasteiger partial charge < -0.3 is 15.0 Å². The number of hydrogen-bond acceptors (Lipinski definition) is 4. The van der Waals surface area contributed by atoms with Gasteiger partial charge in [-0.15, -0.1) is 10.2 Å². The zero-order valence-electron chi connectivity index (χ0n) is 10.3. The molecule has 7 heteroatoms. The van der Waals surface area contributed by atoms with Crippen LogP contribution in [0, 0.1) is 5.82 Å². The fourth-order valence-corrected chi connectivity index (χ4v) is 1.70. The first-order valence-electron chi connectivity index (χ1n) is 5.75. The molecule has 0 saturated carbocycles. The number of aromatic nitrogens is 3. The predicted octanol–water partition coefficient (Wildman–Crippen LogP) is 1.75. The van der Waals surface area contributed by atoms with Crippen LogP contribution >= 0.6 is 0 Å². The molecule has 1 heterocycles. The second-order valence-electron chi connectivity index (χ2n) is 3.88. The largest absolute Gasteiger partial charge is 0.478 e. The van der Waals surface area contributed by atoms with Crippen LogP contribution in [-0.4, -0.2) is 25.8 Å². The molecule has 0 bridgehead atoms. The third-order valence-corrected chi connectivity index (χ3v) is 2.69. The maximum atomic E-state index is 13.0. The Labute approximate surface area is 108 Å². The first-order valence-corrected chi connectivity index (χ1v) is 5.75. The first kappa shape index (κ1) is 13.0. The van der Waals surface area contributed by atoms with Gasteiger partial charge in [0.2, 0.25) is 0 Å². The monoisotopic (exact) mass is 264 g/mol. The lowest BCUT2D eigenvalue weighted by molar-refractivity contribution is 0.0697. The van der Waals surface area contributed by atoms with Gasteiger partial charge in [-0.05, 0) is 25.1 Å². The number of anilines is 1. The maximum absolute atomic E-state index is 13.0. The number of halogens is 1. The predicted molar refractivity (Wildman–Crippen MR) is 66.4 cm³/mol. The average molecular weight is 264 g/mol.